The van der Waals surface area contributed by atoms with Gasteiger partial charge in [-0.25, -0.2) is 0 Å². The van der Waals surface area contributed by atoms with Crippen LogP contribution in [-0.4, -0.2) is 42.7 Å². The molecule has 3 atom stereocenters. The quantitative estimate of drug-likeness (QED) is 0.848. The van der Waals surface area contributed by atoms with Crippen LogP contribution in [0.2, 0.25) is 0 Å². The Morgan fingerprint density at radius 3 is 2.60 bits per heavy atom. The van der Waals surface area contributed by atoms with Crippen LogP contribution in [0.5, 0.6) is 0 Å². The Hall–Kier alpha value is -0.780. The number of carbonyl (C=O) groups excluding carboxylic acids is 1. The lowest BCUT2D eigenvalue weighted by molar-refractivity contribution is -0.180. The van der Waals surface area contributed by atoms with E-state index in [1.54, 1.807) is 0 Å². The maximum Gasteiger partial charge on any atom is 0.393 e. The van der Waals surface area contributed by atoms with Crippen molar-refractivity contribution in [2.24, 2.45) is 11.8 Å². The van der Waals surface area contributed by atoms with E-state index in [0.29, 0.717) is 5.92 Å². The number of amides is 1. The molecule has 3 nitrogen and oxygen atoms in total. The van der Waals surface area contributed by atoms with E-state index in [-0.39, 0.29) is 25.3 Å². The Morgan fingerprint density at radius 1 is 1.30 bits per heavy atom. The van der Waals surface area contributed by atoms with Crippen molar-refractivity contribution in [1.82, 2.24) is 10.2 Å². The minimum atomic E-state index is -4.15. The van der Waals surface area contributed by atoms with Gasteiger partial charge >= 0.3 is 6.18 Å². The number of alkyl halides is 3. The minimum absolute atomic E-state index is 0.0104. The molecule has 2 rings (SSSR count). The lowest BCUT2D eigenvalue weighted by Gasteiger charge is -2.37. The van der Waals surface area contributed by atoms with Gasteiger partial charge in [-0.2, -0.15) is 13.2 Å². The summed E-state index contributed by atoms with van der Waals surface area (Å²) in [6.07, 6.45) is -0.609. The largest absolute Gasteiger partial charge is 0.393 e. The van der Waals surface area contributed by atoms with Crippen LogP contribution in [0, 0.1) is 11.8 Å². The molecule has 0 spiro atoms. The van der Waals surface area contributed by atoms with Crippen molar-refractivity contribution in [1.29, 1.82) is 0 Å². The van der Waals surface area contributed by atoms with Crippen molar-refractivity contribution in [2.75, 3.05) is 19.6 Å². The maximum absolute atomic E-state index is 12.6. The number of rotatable bonds is 2. The van der Waals surface area contributed by atoms with Crippen molar-refractivity contribution in [3.05, 3.63) is 0 Å². The maximum atomic E-state index is 12.6. The summed E-state index contributed by atoms with van der Waals surface area (Å²) in [5, 5.41) is 2.79. The monoisotopic (exact) mass is 292 g/mol. The Balaban J connectivity index is 1.85. The van der Waals surface area contributed by atoms with Gasteiger partial charge < -0.3 is 10.2 Å². The molecule has 2 aliphatic heterocycles. The highest BCUT2D eigenvalue weighted by Gasteiger charge is 2.43. The van der Waals surface area contributed by atoms with Gasteiger partial charge in [-0.05, 0) is 31.6 Å². The molecule has 1 amide bonds. The third-order valence-electron chi connectivity index (χ3n) is 4.58. The third kappa shape index (κ3) is 3.65. The SMILES string of the molecule is CCC1CCCN(C(=O)C2CCC(C(F)(F)F)CN2)C1. The first-order chi connectivity index (χ1) is 9.41. The van der Waals surface area contributed by atoms with E-state index in [1.807, 2.05) is 4.90 Å². The Labute approximate surface area is 117 Å². The number of likely N-dealkylation sites (tertiary alicyclic amines) is 1. The second-order valence-corrected chi connectivity index (χ2v) is 5.98. The molecule has 0 aromatic heterocycles. The van der Waals surface area contributed by atoms with Crippen molar-refractivity contribution < 1.29 is 18.0 Å². The van der Waals surface area contributed by atoms with E-state index in [0.717, 1.165) is 32.4 Å². The lowest BCUT2D eigenvalue weighted by atomic mass is 9.91. The molecule has 0 bridgehead atoms. The van der Waals surface area contributed by atoms with Crippen LogP contribution in [0.3, 0.4) is 0 Å². The van der Waals surface area contributed by atoms with E-state index in [1.165, 1.54) is 0 Å². The van der Waals surface area contributed by atoms with E-state index >= 15 is 0 Å². The summed E-state index contributed by atoms with van der Waals surface area (Å²) in [6.45, 7) is 3.49. The van der Waals surface area contributed by atoms with E-state index in [9.17, 15) is 18.0 Å². The molecule has 0 aromatic rings. The standard InChI is InChI=1S/C14H23F3N2O/c1-2-10-4-3-7-19(9-10)13(20)12-6-5-11(8-18-12)14(15,16)17/h10-12,18H,2-9H2,1H3. The van der Waals surface area contributed by atoms with Crippen LogP contribution in [0.25, 0.3) is 0 Å². The van der Waals surface area contributed by atoms with Crippen molar-refractivity contribution in [3.63, 3.8) is 0 Å². The van der Waals surface area contributed by atoms with Gasteiger partial charge in [0, 0.05) is 19.6 Å². The zero-order valence-corrected chi connectivity index (χ0v) is 11.9. The molecule has 2 saturated heterocycles. The molecule has 1 N–H and O–H groups in total. The number of hydrogen-bond donors (Lipinski definition) is 1. The van der Waals surface area contributed by atoms with Crippen LogP contribution >= 0.6 is 0 Å². The molecule has 3 unspecified atom stereocenters. The molecule has 0 aliphatic carbocycles. The topological polar surface area (TPSA) is 32.3 Å². The van der Waals surface area contributed by atoms with Crippen LogP contribution in [0.4, 0.5) is 13.2 Å². The third-order valence-corrected chi connectivity index (χ3v) is 4.58. The zero-order chi connectivity index (χ0) is 14.8. The van der Waals surface area contributed by atoms with Gasteiger partial charge in [0.15, 0.2) is 0 Å². The average molecular weight is 292 g/mol. The number of halogens is 3. The number of nitrogens with one attached hydrogen (secondary N) is 1. The van der Waals surface area contributed by atoms with E-state index < -0.39 is 18.1 Å². The summed E-state index contributed by atoms with van der Waals surface area (Å²) in [7, 11) is 0. The molecule has 2 aliphatic rings. The van der Waals surface area contributed by atoms with Crippen molar-refractivity contribution >= 4 is 5.91 Å². The highest BCUT2D eigenvalue weighted by atomic mass is 19.4. The van der Waals surface area contributed by atoms with Gasteiger partial charge in [-0.15, -0.1) is 0 Å². The number of hydrogen-bond acceptors (Lipinski definition) is 2. The first-order valence-electron chi connectivity index (χ1n) is 7.50. The highest BCUT2D eigenvalue weighted by Crippen LogP contribution is 2.32. The lowest BCUT2D eigenvalue weighted by Crippen LogP contribution is -2.54. The van der Waals surface area contributed by atoms with Gasteiger partial charge in [0.1, 0.15) is 0 Å². The smallest absolute Gasteiger partial charge is 0.341 e. The Bertz CT molecular complexity index is 338. The highest BCUT2D eigenvalue weighted by molar-refractivity contribution is 5.82. The first-order valence-corrected chi connectivity index (χ1v) is 7.50. The fourth-order valence-corrected chi connectivity index (χ4v) is 3.17. The van der Waals surface area contributed by atoms with Crippen LogP contribution in [0.1, 0.15) is 39.0 Å². The van der Waals surface area contributed by atoms with Crippen molar-refractivity contribution in [2.45, 2.75) is 51.2 Å². The summed E-state index contributed by atoms with van der Waals surface area (Å²) in [5.41, 5.74) is 0. The molecule has 0 saturated carbocycles. The van der Waals surface area contributed by atoms with Crippen LogP contribution in [-0.2, 0) is 4.79 Å². The molecule has 116 valence electrons. The second kappa shape index (κ2) is 6.33. The van der Waals surface area contributed by atoms with Crippen molar-refractivity contribution in [3.8, 4) is 0 Å². The van der Waals surface area contributed by atoms with Gasteiger partial charge in [-0.3, -0.25) is 4.79 Å². The summed E-state index contributed by atoms with van der Waals surface area (Å²) in [6, 6.07) is -0.427. The van der Waals surface area contributed by atoms with Gasteiger partial charge in [0.05, 0.1) is 12.0 Å². The molecule has 2 fully saturated rings. The minimum Gasteiger partial charge on any atom is -0.341 e. The molecular weight excluding hydrogens is 269 g/mol. The van der Waals surface area contributed by atoms with Gasteiger partial charge in [-0.1, -0.05) is 13.3 Å². The first kappa shape index (κ1) is 15.6. The summed E-state index contributed by atoms with van der Waals surface area (Å²) >= 11 is 0. The number of nitrogens with zero attached hydrogens (tertiary/aromatic N) is 1. The molecule has 6 heteroatoms. The Morgan fingerprint density at radius 2 is 2.05 bits per heavy atom. The Kier molecular flexibility index (Phi) is 4.94. The van der Waals surface area contributed by atoms with Gasteiger partial charge in [0.2, 0.25) is 5.91 Å². The molecule has 0 radical (unpaired) electrons. The predicted octanol–water partition coefficient (Wildman–Crippen LogP) is 2.57. The zero-order valence-electron chi connectivity index (χ0n) is 11.9. The average Bonchev–Trinajstić information content (AvgIpc) is 2.46. The normalized spacial score (nSPS) is 32.2. The summed E-state index contributed by atoms with van der Waals surface area (Å²) in [4.78, 5) is 14.2. The van der Waals surface area contributed by atoms with E-state index in [4.69, 9.17) is 0 Å². The predicted molar refractivity (Wildman–Crippen MR) is 70.2 cm³/mol. The molecule has 2 heterocycles. The fraction of sp³-hybridized carbons (Fsp3) is 0.929. The number of carbonyl (C=O) groups is 1. The molecule has 0 aromatic carbocycles. The fourth-order valence-electron chi connectivity index (χ4n) is 3.17. The summed E-state index contributed by atoms with van der Waals surface area (Å²) in [5.74, 6) is -0.778. The summed E-state index contributed by atoms with van der Waals surface area (Å²) < 4.78 is 37.8. The second-order valence-electron chi connectivity index (χ2n) is 5.98. The van der Waals surface area contributed by atoms with Gasteiger partial charge in [0.25, 0.3) is 0 Å². The van der Waals surface area contributed by atoms with E-state index in [2.05, 4.69) is 12.2 Å². The molecular formula is C14H23F3N2O. The van der Waals surface area contributed by atoms with Crippen LogP contribution < -0.4 is 5.32 Å². The van der Waals surface area contributed by atoms with Crippen LogP contribution in [0.15, 0.2) is 0 Å². The number of piperidine rings is 2. The molecule has 20 heavy (non-hydrogen) atoms.